The average Bonchev–Trinajstić information content (AvgIpc) is 3.41. The van der Waals surface area contributed by atoms with Crippen LogP contribution < -0.4 is 4.72 Å². The predicted octanol–water partition coefficient (Wildman–Crippen LogP) is 5.83. The number of nitrogens with zero attached hydrogens (tertiary/aromatic N) is 5. The average molecular weight is 457 g/mol. The van der Waals surface area contributed by atoms with Crippen molar-refractivity contribution < 1.29 is 4.39 Å². The maximum absolute atomic E-state index is 13.4. The Bertz CT molecular complexity index is 1450. The largest absolute Gasteiger partial charge is 0.329 e. The number of benzene rings is 1. The molecular formula is C25H21FN6S. The Morgan fingerprint density at radius 1 is 0.879 bits per heavy atom. The van der Waals surface area contributed by atoms with Crippen LogP contribution >= 0.6 is 11.9 Å². The van der Waals surface area contributed by atoms with E-state index >= 15 is 0 Å². The Kier molecular flexibility index (Phi) is 4.87. The van der Waals surface area contributed by atoms with E-state index in [-0.39, 0.29) is 0 Å². The lowest BCUT2D eigenvalue weighted by atomic mass is 9.99. The molecule has 1 aliphatic rings. The highest BCUT2D eigenvalue weighted by atomic mass is 32.2. The van der Waals surface area contributed by atoms with E-state index in [0.29, 0.717) is 5.25 Å². The van der Waals surface area contributed by atoms with Crippen LogP contribution in [0.4, 0.5) is 10.1 Å². The fraction of sp³-hybridized carbons (Fsp3) is 0.160. The minimum absolute atomic E-state index is 0.482. The van der Waals surface area contributed by atoms with Crippen molar-refractivity contribution in [2.75, 3.05) is 4.72 Å². The second-order valence-corrected chi connectivity index (χ2v) is 9.40. The first-order chi connectivity index (χ1) is 16.1. The summed E-state index contributed by atoms with van der Waals surface area (Å²) in [7, 11) is 1.91. The summed E-state index contributed by atoms with van der Waals surface area (Å²) < 4.78 is 20.6. The smallest absolute Gasteiger partial charge is 0.212 e. The van der Waals surface area contributed by atoms with E-state index in [2.05, 4.69) is 50.2 Å². The van der Waals surface area contributed by atoms with Crippen LogP contribution in [0, 0.1) is 5.95 Å². The molecule has 0 spiro atoms. The van der Waals surface area contributed by atoms with E-state index in [1.54, 1.807) is 28.9 Å². The highest BCUT2D eigenvalue weighted by Gasteiger charge is 2.22. The van der Waals surface area contributed by atoms with Gasteiger partial charge in [0.1, 0.15) is 0 Å². The topological polar surface area (TPSA) is 60.0 Å². The van der Waals surface area contributed by atoms with Crippen molar-refractivity contribution in [2.24, 2.45) is 7.05 Å². The molecule has 0 unspecified atom stereocenters. The molecule has 5 aromatic rings. The van der Waals surface area contributed by atoms with Gasteiger partial charge in [-0.3, -0.25) is 4.68 Å². The van der Waals surface area contributed by atoms with E-state index in [1.807, 2.05) is 36.4 Å². The first kappa shape index (κ1) is 20.0. The molecule has 1 fully saturated rings. The zero-order valence-corrected chi connectivity index (χ0v) is 18.8. The number of nitrogens with one attached hydrogen (secondary N) is 1. The fourth-order valence-electron chi connectivity index (χ4n) is 3.84. The molecule has 1 aromatic carbocycles. The molecule has 164 valence electrons. The van der Waals surface area contributed by atoms with Gasteiger partial charge in [0.05, 0.1) is 17.9 Å². The Balaban J connectivity index is 1.42. The van der Waals surface area contributed by atoms with Gasteiger partial charge in [-0.15, -0.1) is 0 Å². The van der Waals surface area contributed by atoms with Crippen LogP contribution in [0.3, 0.4) is 0 Å². The van der Waals surface area contributed by atoms with Crippen molar-refractivity contribution in [1.82, 2.24) is 24.4 Å². The van der Waals surface area contributed by atoms with Gasteiger partial charge in [0.25, 0.3) is 0 Å². The van der Waals surface area contributed by atoms with E-state index < -0.39 is 5.95 Å². The molecule has 4 aromatic heterocycles. The van der Waals surface area contributed by atoms with Gasteiger partial charge in [-0.05, 0) is 72.3 Å². The molecule has 0 atom stereocenters. The standard InChI is InChI=1S/C25H21FN6S/c1-31-14-20(12-28-31)17-2-6-24-23(13-29-32(24)15-17)19-8-18(16-3-7-25(26)27-11-16)9-21(10-19)30-33-22-4-5-22/h2-3,6-15,22,30H,4-5H2,1H3. The van der Waals surface area contributed by atoms with Gasteiger partial charge < -0.3 is 4.72 Å². The number of rotatable bonds is 6. The lowest BCUT2D eigenvalue weighted by Gasteiger charge is -2.11. The van der Waals surface area contributed by atoms with E-state index in [4.69, 9.17) is 0 Å². The van der Waals surface area contributed by atoms with Crippen molar-refractivity contribution in [2.45, 2.75) is 18.1 Å². The van der Waals surface area contributed by atoms with Crippen molar-refractivity contribution in [3.8, 4) is 33.4 Å². The highest BCUT2D eigenvalue weighted by Crippen LogP contribution is 2.37. The minimum atomic E-state index is -0.482. The number of aryl methyl sites for hydroxylation is 1. The number of aromatic nitrogens is 5. The summed E-state index contributed by atoms with van der Waals surface area (Å²) in [5, 5.41) is 9.55. The van der Waals surface area contributed by atoms with Crippen LogP contribution in [-0.2, 0) is 7.05 Å². The first-order valence-corrected chi connectivity index (χ1v) is 11.7. The molecule has 0 amide bonds. The third-order valence-corrected chi connectivity index (χ3v) is 6.89. The summed E-state index contributed by atoms with van der Waals surface area (Å²) in [6.07, 6.45) is 11.8. The van der Waals surface area contributed by atoms with Crippen LogP contribution in [0.25, 0.3) is 38.9 Å². The maximum atomic E-state index is 13.4. The Morgan fingerprint density at radius 2 is 1.73 bits per heavy atom. The third-order valence-electron chi connectivity index (χ3n) is 5.73. The quantitative estimate of drug-likeness (QED) is 0.257. The highest BCUT2D eigenvalue weighted by molar-refractivity contribution is 8.01. The van der Waals surface area contributed by atoms with Crippen molar-refractivity contribution in [3.63, 3.8) is 0 Å². The number of pyridine rings is 2. The molecule has 33 heavy (non-hydrogen) atoms. The summed E-state index contributed by atoms with van der Waals surface area (Å²) in [5.41, 5.74) is 8.04. The van der Waals surface area contributed by atoms with Crippen molar-refractivity contribution >= 4 is 23.2 Å². The molecule has 8 heteroatoms. The Labute approximate surface area is 194 Å². The third kappa shape index (κ3) is 4.09. The second-order valence-electron chi connectivity index (χ2n) is 8.30. The van der Waals surface area contributed by atoms with Gasteiger partial charge in [-0.25, -0.2) is 9.50 Å². The lowest BCUT2D eigenvalue weighted by Crippen LogP contribution is -1.92. The zero-order valence-electron chi connectivity index (χ0n) is 17.9. The molecule has 1 saturated carbocycles. The molecule has 1 N–H and O–H groups in total. The van der Waals surface area contributed by atoms with Gasteiger partial charge in [0.2, 0.25) is 5.95 Å². The zero-order chi connectivity index (χ0) is 22.4. The van der Waals surface area contributed by atoms with Crippen LogP contribution in [0.1, 0.15) is 12.8 Å². The van der Waals surface area contributed by atoms with Crippen LogP contribution in [0.15, 0.2) is 73.4 Å². The number of fused-ring (bicyclic) bond motifs is 1. The maximum Gasteiger partial charge on any atom is 0.212 e. The number of halogens is 1. The van der Waals surface area contributed by atoms with Gasteiger partial charge in [-0.2, -0.15) is 14.6 Å². The molecule has 0 radical (unpaired) electrons. The predicted molar refractivity (Wildman–Crippen MR) is 130 cm³/mol. The van der Waals surface area contributed by atoms with Gasteiger partial charge in [0, 0.05) is 58.8 Å². The summed E-state index contributed by atoms with van der Waals surface area (Å²) >= 11 is 1.76. The molecular weight excluding hydrogens is 435 g/mol. The summed E-state index contributed by atoms with van der Waals surface area (Å²) in [5.74, 6) is -0.482. The first-order valence-electron chi connectivity index (χ1n) is 10.8. The monoisotopic (exact) mass is 456 g/mol. The second kappa shape index (κ2) is 8.04. The van der Waals surface area contributed by atoms with Gasteiger partial charge in [0.15, 0.2) is 0 Å². The number of hydrogen-bond acceptors (Lipinski definition) is 5. The van der Waals surface area contributed by atoms with Crippen molar-refractivity contribution in [3.05, 3.63) is 79.4 Å². The van der Waals surface area contributed by atoms with Crippen LogP contribution in [0.5, 0.6) is 0 Å². The van der Waals surface area contributed by atoms with Gasteiger partial charge in [-0.1, -0.05) is 6.07 Å². The summed E-state index contributed by atoms with van der Waals surface area (Å²) in [6, 6.07) is 13.7. The lowest BCUT2D eigenvalue weighted by molar-refractivity contribution is 0.584. The molecule has 4 heterocycles. The molecule has 6 rings (SSSR count). The number of hydrogen-bond donors (Lipinski definition) is 1. The van der Waals surface area contributed by atoms with Gasteiger partial charge >= 0.3 is 0 Å². The molecule has 6 nitrogen and oxygen atoms in total. The molecule has 1 aliphatic carbocycles. The van der Waals surface area contributed by atoms with E-state index in [0.717, 1.165) is 44.6 Å². The normalized spacial score (nSPS) is 13.5. The molecule has 0 bridgehead atoms. The fourth-order valence-corrected chi connectivity index (χ4v) is 4.63. The van der Waals surface area contributed by atoms with E-state index in [1.165, 1.54) is 18.9 Å². The Hall–Kier alpha value is -3.65. The van der Waals surface area contributed by atoms with Crippen LogP contribution in [-0.4, -0.2) is 29.6 Å². The SMILES string of the molecule is Cn1cc(-c2ccc3c(-c4cc(NSC5CC5)cc(-c5ccc(F)nc5)c4)cnn3c2)cn1. The van der Waals surface area contributed by atoms with Crippen LogP contribution in [0.2, 0.25) is 0 Å². The van der Waals surface area contributed by atoms with E-state index in [9.17, 15) is 4.39 Å². The summed E-state index contributed by atoms with van der Waals surface area (Å²) in [4.78, 5) is 3.84. The van der Waals surface area contributed by atoms with Crippen molar-refractivity contribution in [1.29, 1.82) is 0 Å². The minimum Gasteiger partial charge on any atom is -0.329 e. The molecule has 0 aliphatic heterocycles. The Morgan fingerprint density at radius 3 is 2.48 bits per heavy atom. The number of anilines is 1. The summed E-state index contributed by atoms with van der Waals surface area (Å²) in [6.45, 7) is 0. The molecule has 0 saturated heterocycles.